The number of nitrogens with one attached hydrogen (secondary N) is 1. The van der Waals surface area contributed by atoms with Crippen LogP contribution in [0.4, 0.5) is 4.79 Å². The summed E-state index contributed by atoms with van der Waals surface area (Å²) >= 11 is 0. The average Bonchev–Trinajstić information content (AvgIpc) is 2.43. The molecule has 0 unspecified atom stereocenters. The maximum Gasteiger partial charge on any atom is 0.412 e. The minimum atomic E-state index is -0.522. The molecule has 1 aromatic carbocycles. The molecule has 1 radical (unpaired) electrons. The molecule has 1 rings (SSSR count). The molecule has 0 fully saturated rings. The van der Waals surface area contributed by atoms with E-state index >= 15 is 0 Å². The molecule has 2 N–H and O–H groups in total. The van der Waals surface area contributed by atoms with E-state index in [1.807, 2.05) is 0 Å². The van der Waals surface area contributed by atoms with Crippen molar-refractivity contribution in [2.24, 2.45) is 0 Å². The van der Waals surface area contributed by atoms with E-state index in [0.717, 1.165) is 0 Å². The maximum absolute atomic E-state index is 11.3. The van der Waals surface area contributed by atoms with Crippen LogP contribution in [-0.2, 0) is 9.47 Å². The van der Waals surface area contributed by atoms with Crippen LogP contribution in [0.25, 0.3) is 0 Å². The van der Waals surface area contributed by atoms with Crippen LogP contribution in [0.15, 0.2) is 24.3 Å². The number of rotatable bonds is 9. The summed E-state index contributed by atoms with van der Waals surface area (Å²) in [5, 5.41) is 11.0. The summed E-state index contributed by atoms with van der Waals surface area (Å²) in [6.45, 7) is 1.89. The predicted octanol–water partition coefficient (Wildman–Crippen LogP) is 0.601. The Morgan fingerprint density at radius 2 is 1.84 bits per heavy atom. The van der Waals surface area contributed by atoms with Gasteiger partial charge in [0.1, 0.15) is 5.75 Å². The molecule has 0 aliphatic heterocycles. The van der Waals surface area contributed by atoms with Crippen LogP contribution in [0.1, 0.15) is 0 Å². The summed E-state index contributed by atoms with van der Waals surface area (Å²) in [5.74, 6) is 0.467. The molecule has 0 aliphatic carbocycles. The number of ether oxygens (including phenoxy) is 3. The average molecular weight is 268 g/mol. The van der Waals surface area contributed by atoms with E-state index in [1.54, 1.807) is 24.3 Å². The number of benzene rings is 1. The van der Waals surface area contributed by atoms with E-state index in [2.05, 4.69) is 11.4 Å². The molecular weight excluding hydrogens is 250 g/mol. The molecule has 0 bridgehead atoms. The molecule has 105 valence electrons. The minimum absolute atomic E-state index is 0.00461. The molecule has 0 aromatic heterocycles. The minimum Gasteiger partial charge on any atom is -0.410 e. The first kappa shape index (κ1) is 15.4. The van der Waals surface area contributed by atoms with E-state index in [4.69, 9.17) is 19.3 Å². The van der Waals surface area contributed by atoms with Gasteiger partial charge in [-0.1, -0.05) is 12.1 Å². The topological polar surface area (TPSA) is 77.0 Å². The number of amides is 1. The van der Waals surface area contributed by atoms with Gasteiger partial charge in [0.25, 0.3) is 0 Å². The van der Waals surface area contributed by atoms with Crippen molar-refractivity contribution in [2.75, 3.05) is 39.6 Å². The van der Waals surface area contributed by atoms with Gasteiger partial charge in [0.2, 0.25) is 0 Å². The highest BCUT2D eigenvalue weighted by Crippen LogP contribution is 2.07. The lowest BCUT2D eigenvalue weighted by Crippen LogP contribution is -2.30. The third-order valence-electron chi connectivity index (χ3n) is 2.02. The SMILES string of the molecule is O=C(NCCOCCOCCO)Oc1cc[c]cc1. The van der Waals surface area contributed by atoms with Crippen LogP contribution in [0.3, 0.4) is 0 Å². The van der Waals surface area contributed by atoms with Crippen LogP contribution < -0.4 is 10.1 Å². The van der Waals surface area contributed by atoms with Crippen molar-refractivity contribution in [1.82, 2.24) is 5.32 Å². The highest BCUT2D eigenvalue weighted by molar-refractivity contribution is 5.70. The molecule has 6 nitrogen and oxygen atoms in total. The zero-order valence-corrected chi connectivity index (χ0v) is 10.6. The van der Waals surface area contributed by atoms with Crippen LogP contribution in [-0.4, -0.2) is 50.8 Å². The zero-order valence-electron chi connectivity index (χ0n) is 10.6. The smallest absolute Gasteiger partial charge is 0.410 e. The van der Waals surface area contributed by atoms with Gasteiger partial charge in [0, 0.05) is 6.54 Å². The molecule has 0 saturated heterocycles. The van der Waals surface area contributed by atoms with Crippen LogP contribution in [0.5, 0.6) is 5.75 Å². The van der Waals surface area contributed by atoms with Gasteiger partial charge >= 0.3 is 6.09 Å². The molecule has 1 aromatic rings. The molecule has 1 amide bonds. The Kier molecular flexibility index (Phi) is 8.37. The van der Waals surface area contributed by atoms with Gasteiger partial charge < -0.3 is 24.6 Å². The van der Waals surface area contributed by atoms with Gasteiger partial charge in [-0.2, -0.15) is 0 Å². The van der Waals surface area contributed by atoms with Crippen LogP contribution in [0, 0.1) is 6.07 Å². The lowest BCUT2D eigenvalue weighted by atomic mass is 10.3. The molecule has 19 heavy (non-hydrogen) atoms. The first-order chi connectivity index (χ1) is 9.33. The fourth-order valence-electron chi connectivity index (χ4n) is 1.19. The van der Waals surface area contributed by atoms with Crippen molar-refractivity contribution < 1.29 is 24.1 Å². The Morgan fingerprint density at radius 1 is 1.16 bits per heavy atom. The Bertz CT molecular complexity index is 344. The van der Waals surface area contributed by atoms with Crippen molar-refractivity contribution in [1.29, 1.82) is 0 Å². The van der Waals surface area contributed by atoms with Gasteiger partial charge in [0.15, 0.2) is 0 Å². The van der Waals surface area contributed by atoms with E-state index < -0.39 is 6.09 Å². The van der Waals surface area contributed by atoms with E-state index in [1.165, 1.54) is 0 Å². The largest absolute Gasteiger partial charge is 0.412 e. The molecular formula is C13H18NO5. The molecule has 0 heterocycles. The highest BCUT2D eigenvalue weighted by Gasteiger charge is 2.02. The van der Waals surface area contributed by atoms with E-state index in [-0.39, 0.29) is 6.61 Å². The van der Waals surface area contributed by atoms with Crippen molar-refractivity contribution in [3.8, 4) is 5.75 Å². The zero-order chi connectivity index (χ0) is 13.8. The van der Waals surface area contributed by atoms with Gasteiger partial charge in [0.05, 0.1) is 33.0 Å². The first-order valence-electron chi connectivity index (χ1n) is 6.01. The second-order valence-electron chi connectivity index (χ2n) is 3.50. The van der Waals surface area contributed by atoms with Crippen molar-refractivity contribution in [2.45, 2.75) is 0 Å². The summed E-state index contributed by atoms with van der Waals surface area (Å²) in [5.41, 5.74) is 0. The summed E-state index contributed by atoms with van der Waals surface area (Å²) in [7, 11) is 0. The van der Waals surface area contributed by atoms with Gasteiger partial charge in [-0.25, -0.2) is 4.79 Å². The molecule has 6 heteroatoms. The fourth-order valence-corrected chi connectivity index (χ4v) is 1.19. The Labute approximate surface area is 112 Å². The lowest BCUT2D eigenvalue weighted by Gasteiger charge is -2.07. The molecule has 0 saturated carbocycles. The number of aliphatic hydroxyl groups is 1. The van der Waals surface area contributed by atoms with Crippen molar-refractivity contribution >= 4 is 6.09 Å². The van der Waals surface area contributed by atoms with E-state index in [0.29, 0.717) is 38.7 Å². The number of hydrogen-bond donors (Lipinski definition) is 2. The van der Waals surface area contributed by atoms with Crippen LogP contribution >= 0.6 is 0 Å². The quantitative estimate of drug-likeness (QED) is 0.641. The monoisotopic (exact) mass is 268 g/mol. The van der Waals surface area contributed by atoms with Crippen molar-refractivity contribution in [3.05, 3.63) is 30.3 Å². The van der Waals surface area contributed by atoms with Crippen LogP contribution in [0.2, 0.25) is 0 Å². The second kappa shape index (κ2) is 10.3. The van der Waals surface area contributed by atoms with E-state index in [9.17, 15) is 4.79 Å². The predicted molar refractivity (Wildman–Crippen MR) is 68.0 cm³/mol. The normalized spacial score (nSPS) is 10.2. The summed E-state index contributed by atoms with van der Waals surface area (Å²) < 4.78 is 15.2. The Balaban J connectivity index is 1.96. The number of carbonyl (C=O) groups excluding carboxylic acids is 1. The van der Waals surface area contributed by atoms with Gasteiger partial charge in [-0.15, -0.1) is 0 Å². The third-order valence-corrected chi connectivity index (χ3v) is 2.02. The summed E-state index contributed by atoms with van der Waals surface area (Å²) in [4.78, 5) is 11.3. The number of hydrogen-bond acceptors (Lipinski definition) is 5. The Morgan fingerprint density at radius 3 is 2.53 bits per heavy atom. The molecule has 0 spiro atoms. The summed E-state index contributed by atoms with van der Waals surface area (Å²) in [6, 6.07) is 9.45. The third kappa shape index (κ3) is 8.15. The van der Waals surface area contributed by atoms with Gasteiger partial charge in [-0.3, -0.25) is 0 Å². The fraction of sp³-hybridized carbons (Fsp3) is 0.462. The molecule has 0 atom stereocenters. The summed E-state index contributed by atoms with van der Waals surface area (Å²) in [6.07, 6.45) is -0.522. The first-order valence-corrected chi connectivity index (χ1v) is 6.01. The lowest BCUT2D eigenvalue weighted by molar-refractivity contribution is 0.0341. The number of carbonyl (C=O) groups is 1. The van der Waals surface area contributed by atoms with Gasteiger partial charge in [-0.05, 0) is 18.2 Å². The Hall–Kier alpha value is -1.63. The molecule has 0 aliphatic rings. The van der Waals surface area contributed by atoms with Crippen molar-refractivity contribution in [3.63, 3.8) is 0 Å². The number of aliphatic hydroxyl groups excluding tert-OH is 1. The highest BCUT2D eigenvalue weighted by atomic mass is 16.6. The standard InChI is InChI=1S/C13H18NO5/c15-7-9-18-11-10-17-8-6-14-13(16)19-12-4-2-1-3-5-12/h2-5,15H,6-11H2,(H,14,16). The second-order valence-corrected chi connectivity index (χ2v) is 3.50. The maximum atomic E-state index is 11.3.